The minimum absolute atomic E-state index is 0.0718. The predicted octanol–water partition coefficient (Wildman–Crippen LogP) is 5.07. The molecule has 2 atom stereocenters. The first kappa shape index (κ1) is 21.2. The van der Waals surface area contributed by atoms with E-state index in [-0.39, 0.29) is 12.1 Å². The maximum atomic E-state index is 5.85. The van der Waals surface area contributed by atoms with Crippen molar-refractivity contribution in [3.8, 4) is 11.4 Å². The van der Waals surface area contributed by atoms with Gasteiger partial charge in [-0.2, -0.15) is 0 Å². The molecule has 1 aliphatic rings. The number of nitrogens with zero attached hydrogens (tertiary/aromatic N) is 4. The number of thiocarbonyl (C=S) groups is 1. The minimum Gasteiger partial charge on any atom is -0.497 e. The predicted molar refractivity (Wildman–Crippen MR) is 134 cm³/mol. The quantitative estimate of drug-likeness (QED) is 0.424. The lowest BCUT2D eigenvalue weighted by molar-refractivity contribution is 0.415. The Morgan fingerprint density at radius 1 is 0.970 bits per heavy atom. The van der Waals surface area contributed by atoms with E-state index >= 15 is 0 Å². The van der Waals surface area contributed by atoms with Crippen LogP contribution in [-0.4, -0.2) is 26.8 Å². The van der Waals surface area contributed by atoms with Crippen LogP contribution in [0, 0.1) is 13.8 Å². The first-order chi connectivity index (χ1) is 16.1. The van der Waals surface area contributed by atoms with Gasteiger partial charge in [-0.3, -0.25) is 9.97 Å². The highest BCUT2D eigenvalue weighted by molar-refractivity contribution is 7.80. The molecule has 3 aromatic heterocycles. The summed E-state index contributed by atoms with van der Waals surface area (Å²) in [6, 6.07) is 20.1. The highest BCUT2D eigenvalue weighted by atomic mass is 32.1. The van der Waals surface area contributed by atoms with Crippen LogP contribution in [0.3, 0.4) is 0 Å². The molecule has 0 aliphatic carbocycles. The molecule has 0 bridgehead atoms. The summed E-state index contributed by atoms with van der Waals surface area (Å²) in [4.78, 5) is 11.2. The van der Waals surface area contributed by atoms with Gasteiger partial charge in [0.2, 0.25) is 0 Å². The van der Waals surface area contributed by atoms with Gasteiger partial charge in [-0.15, -0.1) is 0 Å². The van der Waals surface area contributed by atoms with Gasteiger partial charge in [0.25, 0.3) is 0 Å². The van der Waals surface area contributed by atoms with Gasteiger partial charge in [0.1, 0.15) is 5.75 Å². The van der Waals surface area contributed by atoms with Gasteiger partial charge in [-0.05, 0) is 86.2 Å². The Morgan fingerprint density at radius 3 is 2.45 bits per heavy atom. The highest BCUT2D eigenvalue weighted by Gasteiger charge is 2.42. The highest BCUT2D eigenvalue weighted by Crippen LogP contribution is 2.43. The molecule has 1 aliphatic heterocycles. The average molecular weight is 456 g/mol. The fraction of sp³-hybridized carbons (Fsp3) is 0.192. The van der Waals surface area contributed by atoms with Crippen molar-refractivity contribution in [2.45, 2.75) is 25.9 Å². The topological polar surface area (TPSA) is 55.2 Å². The van der Waals surface area contributed by atoms with Crippen molar-refractivity contribution in [1.82, 2.24) is 19.9 Å². The average Bonchev–Trinajstić information content (AvgIpc) is 3.35. The summed E-state index contributed by atoms with van der Waals surface area (Å²) >= 11 is 5.85. The molecule has 1 N–H and O–H groups in total. The molecule has 4 heterocycles. The number of hydrogen-bond acceptors (Lipinski definition) is 4. The first-order valence-electron chi connectivity index (χ1n) is 10.8. The third-order valence-corrected chi connectivity index (χ3v) is 6.46. The van der Waals surface area contributed by atoms with Crippen LogP contribution in [-0.2, 0) is 0 Å². The van der Waals surface area contributed by atoms with Gasteiger partial charge < -0.3 is 19.5 Å². The molecule has 1 fully saturated rings. The van der Waals surface area contributed by atoms with E-state index < -0.39 is 0 Å². The first-order valence-corrected chi connectivity index (χ1v) is 11.2. The summed E-state index contributed by atoms with van der Waals surface area (Å²) in [5.74, 6) is 0.810. The van der Waals surface area contributed by atoms with Gasteiger partial charge in [-0.1, -0.05) is 6.07 Å². The number of nitrogens with one attached hydrogen (secondary N) is 1. The van der Waals surface area contributed by atoms with Gasteiger partial charge in [0.05, 0.1) is 36.8 Å². The third kappa shape index (κ3) is 3.74. The Labute approximate surface area is 198 Å². The van der Waals surface area contributed by atoms with Crippen LogP contribution < -0.4 is 15.0 Å². The number of anilines is 1. The standard InChI is InChI=1S/C26H25N5OS/c1-17-15-22(18(2)30(17)20-7-6-13-27-16-20)25-24(23-8-4-5-14-28-23)29-26(33)31(25)19-9-11-21(32-3)12-10-19/h4-16,24-25H,1-3H3,(H,29,33)/t24-,25-/m1/s1. The van der Waals surface area contributed by atoms with Gasteiger partial charge >= 0.3 is 0 Å². The van der Waals surface area contributed by atoms with E-state index in [1.165, 1.54) is 5.56 Å². The molecule has 0 spiro atoms. The van der Waals surface area contributed by atoms with Crippen LogP contribution in [0.15, 0.2) is 79.3 Å². The molecule has 6 nitrogen and oxygen atoms in total. The molecule has 5 rings (SSSR count). The number of ether oxygens (including phenoxy) is 1. The zero-order chi connectivity index (χ0) is 22.9. The lowest BCUT2D eigenvalue weighted by Crippen LogP contribution is -2.29. The van der Waals surface area contributed by atoms with Crippen molar-refractivity contribution in [1.29, 1.82) is 0 Å². The zero-order valence-electron chi connectivity index (χ0n) is 18.8. The second-order valence-electron chi connectivity index (χ2n) is 8.07. The van der Waals surface area contributed by atoms with Gasteiger partial charge in [0.15, 0.2) is 5.11 Å². The Kier molecular flexibility index (Phi) is 5.56. The molecule has 1 aromatic carbocycles. The van der Waals surface area contributed by atoms with Crippen LogP contribution in [0.25, 0.3) is 5.69 Å². The van der Waals surface area contributed by atoms with E-state index in [0.29, 0.717) is 5.11 Å². The lowest BCUT2D eigenvalue weighted by Gasteiger charge is -2.28. The van der Waals surface area contributed by atoms with Crippen molar-refractivity contribution in [3.63, 3.8) is 0 Å². The van der Waals surface area contributed by atoms with Crippen LogP contribution >= 0.6 is 12.2 Å². The summed E-state index contributed by atoms with van der Waals surface area (Å²) < 4.78 is 7.60. The number of rotatable bonds is 5. The van der Waals surface area contributed by atoms with E-state index in [4.69, 9.17) is 17.0 Å². The molecule has 7 heteroatoms. The Bertz CT molecular complexity index is 1270. The number of methoxy groups -OCH3 is 1. The summed E-state index contributed by atoms with van der Waals surface area (Å²) in [6.45, 7) is 4.27. The molecule has 0 radical (unpaired) electrons. The van der Waals surface area contributed by atoms with E-state index in [2.05, 4.69) is 50.7 Å². The van der Waals surface area contributed by atoms with Crippen LogP contribution in [0.5, 0.6) is 5.75 Å². The minimum atomic E-state index is -0.0938. The summed E-state index contributed by atoms with van der Waals surface area (Å²) in [5.41, 5.74) is 6.47. The molecule has 33 heavy (non-hydrogen) atoms. The van der Waals surface area contributed by atoms with Crippen LogP contribution in [0.1, 0.15) is 34.7 Å². The molecule has 0 amide bonds. The molecular formula is C26H25N5OS. The number of aromatic nitrogens is 3. The number of aryl methyl sites for hydroxylation is 1. The third-order valence-electron chi connectivity index (χ3n) is 6.14. The van der Waals surface area contributed by atoms with Crippen molar-refractivity contribution in [3.05, 3.63) is 102 Å². The summed E-state index contributed by atoms with van der Waals surface area (Å²) in [5, 5.41) is 4.21. The van der Waals surface area contributed by atoms with Gasteiger partial charge in [-0.25, -0.2) is 0 Å². The van der Waals surface area contributed by atoms with Crippen molar-refractivity contribution >= 4 is 23.0 Å². The van der Waals surface area contributed by atoms with Gasteiger partial charge in [0, 0.05) is 29.5 Å². The van der Waals surface area contributed by atoms with Crippen LogP contribution in [0.2, 0.25) is 0 Å². The second kappa shape index (κ2) is 8.67. The molecule has 166 valence electrons. The number of hydrogen-bond donors (Lipinski definition) is 1. The van der Waals surface area contributed by atoms with E-state index in [1.807, 2.05) is 60.9 Å². The van der Waals surface area contributed by atoms with E-state index in [0.717, 1.165) is 34.2 Å². The molecular weight excluding hydrogens is 430 g/mol. The Balaban J connectivity index is 1.66. The lowest BCUT2D eigenvalue weighted by atomic mass is 9.96. The maximum absolute atomic E-state index is 5.85. The monoisotopic (exact) mass is 455 g/mol. The normalized spacial score (nSPS) is 17.8. The number of benzene rings is 1. The Hall–Kier alpha value is -3.71. The largest absolute Gasteiger partial charge is 0.497 e. The van der Waals surface area contributed by atoms with E-state index in [9.17, 15) is 0 Å². The molecule has 0 unspecified atom stereocenters. The fourth-order valence-electron chi connectivity index (χ4n) is 4.66. The molecule has 1 saturated heterocycles. The molecule has 0 saturated carbocycles. The summed E-state index contributed by atoms with van der Waals surface area (Å²) in [7, 11) is 1.67. The maximum Gasteiger partial charge on any atom is 0.174 e. The molecule has 4 aromatic rings. The smallest absolute Gasteiger partial charge is 0.174 e. The van der Waals surface area contributed by atoms with E-state index in [1.54, 1.807) is 13.3 Å². The van der Waals surface area contributed by atoms with Crippen molar-refractivity contribution in [2.24, 2.45) is 0 Å². The van der Waals surface area contributed by atoms with Crippen LogP contribution in [0.4, 0.5) is 5.69 Å². The summed E-state index contributed by atoms with van der Waals surface area (Å²) in [6.07, 6.45) is 5.51. The van der Waals surface area contributed by atoms with Crippen molar-refractivity contribution < 1.29 is 4.74 Å². The fourth-order valence-corrected chi connectivity index (χ4v) is 5.01. The zero-order valence-corrected chi connectivity index (χ0v) is 19.6. The number of pyridine rings is 2. The second-order valence-corrected chi connectivity index (χ2v) is 8.45. The van der Waals surface area contributed by atoms with Crippen molar-refractivity contribution in [2.75, 3.05) is 12.0 Å². The SMILES string of the molecule is COc1ccc(N2C(=S)N[C@H](c3ccccn3)[C@H]2c2cc(C)n(-c3cccnc3)c2C)cc1. The Morgan fingerprint density at radius 2 is 1.79 bits per heavy atom.